The number of Topliss-reactive ketones (excluding diaryl/α,β-unsaturated/α-hetero) is 1. The Morgan fingerprint density at radius 1 is 1.14 bits per heavy atom. The van der Waals surface area contributed by atoms with Crippen LogP contribution >= 0.6 is 0 Å². The molecular formula is C16H29NO4. The van der Waals surface area contributed by atoms with Gasteiger partial charge in [0.15, 0.2) is 0 Å². The van der Waals surface area contributed by atoms with Crippen LogP contribution in [0, 0.1) is 0 Å². The van der Waals surface area contributed by atoms with E-state index in [0.717, 1.165) is 6.42 Å². The van der Waals surface area contributed by atoms with Crippen molar-refractivity contribution < 1.29 is 19.1 Å². The minimum Gasteiger partial charge on any atom is -0.379 e. The molecule has 0 bridgehead atoms. The number of piperidine rings is 1. The molecule has 0 unspecified atom stereocenters. The molecule has 0 aliphatic carbocycles. The molecule has 0 saturated carbocycles. The fraction of sp³-hybridized carbons (Fsp3) is 0.875. The lowest BCUT2D eigenvalue weighted by atomic mass is 10.0. The standard InChI is InChI=1S/C16H29NO4/c1-15(2,20-5)8-11-21-16(3,4)12-14(19)17-9-6-13(18)7-10-17/h6-12H2,1-5H3. The average molecular weight is 299 g/mol. The molecule has 21 heavy (non-hydrogen) atoms. The van der Waals surface area contributed by atoms with Gasteiger partial charge < -0.3 is 14.4 Å². The molecule has 1 aliphatic heterocycles. The first-order chi connectivity index (χ1) is 9.65. The van der Waals surface area contributed by atoms with Crippen LogP contribution in [-0.2, 0) is 19.1 Å². The normalized spacial score (nSPS) is 17.2. The van der Waals surface area contributed by atoms with Crippen LogP contribution < -0.4 is 0 Å². The number of likely N-dealkylation sites (tertiary alicyclic amines) is 1. The Labute approximate surface area is 128 Å². The van der Waals surface area contributed by atoms with E-state index < -0.39 is 5.60 Å². The summed E-state index contributed by atoms with van der Waals surface area (Å²) in [5, 5.41) is 0. The summed E-state index contributed by atoms with van der Waals surface area (Å²) >= 11 is 0. The molecule has 0 aromatic carbocycles. The van der Waals surface area contributed by atoms with Gasteiger partial charge in [-0.1, -0.05) is 0 Å². The first-order valence-electron chi connectivity index (χ1n) is 7.64. The number of carbonyl (C=O) groups excluding carboxylic acids is 2. The van der Waals surface area contributed by atoms with Crippen LogP contribution in [0.25, 0.3) is 0 Å². The van der Waals surface area contributed by atoms with E-state index in [1.165, 1.54) is 0 Å². The third-order valence-electron chi connectivity index (χ3n) is 4.00. The van der Waals surface area contributed by atoms with Gasteiger partial charge in [-0.3, -0.25) is 9.59 Å². The number of methoxy groups -OCH3 is 1. The summed E-state index contributed by atoms with van der Waals surface area (Å²) in [5.41, 5.74) is -0.713. The van der Waals surface area contributed by atoms with Gasteiger partial charge in [-0.05, 0) is 34.1 Å². The Morgan fingerprint density at radius 2 is 1.71 bits per heavy atom. The van der Waals surface area contributed by atoms with Crippen molar-refractivity contribution in [2.45, 2.75) is 64.6 Å². The number of amides is 1. The third-order valence-corrected chi connectivity index (χ3v) is 4.00. The maximum atomic E-state index is 12.2. The summed E-state index contributed by atoms with van der Waals surface area (Å²) in [5.74, 6) is 0.315. The van der Waals surface area contributed by atoms with Crippen LogP contribution in [0.1, 0.15) is 53.4 Å². The van der Waals surface area contributed by atoms with Gasteiger partial charge in [0.2, 0.25) is 5.91 Å². The first-order valence-corrected chi connectivity index (χ1v) is 7.64. The van der Waals surface area contributed by atoms with Crippen molar-refractivity contribution in [2.24, 2.45) is 0 Å². The van der Waals surface area contributed by atoms with Crippen LogP contribution in [-0.4, -0.2) is 54.6 Å². The van der Waals surface area contributed by atoms with E-state index in [0.29, 0.717) is 39.0 Å². The van der Waals surface area contributed by atoms with E-state index in [4.69, 9.17) is 9.47 Å². The van der Waals surface area contributed by atoms with Gasteiger partial charge in [0.25, 0.3) is 0 Å². The first kappa shape index (κ1) is 18.1. The number of nitrogens with zero attached hydrogens (tertiary/aromatic N) is 1. The SMILES string of the molecule is COC(C)(C)CCOC(C)(C)CC(=O)N1CCC(=O)CC1. The van der Waals surface area contributed by atoms with Crippen molar-refractivity contribution in [2.75, 3.05) is 26.8 Å². The second-order valence-corrected chi connectivity index (χ2v) is 6.92. The topological polar surface area (TPSA) is 55.8 Å². The van der Waals surface area contributed by atoms with E-state index >= 15 is 0 Å². The molecule has 1 heterocycles. The van der Waals surface area contributed by atoms with Crippen molar-refractivity contribution in [1.29, 1.82) is 0 Å². The summed E-state index contributed by atoms with van der Waals surface area (Å²) < 4.78 is 11.2. The second kappa shape index (κ2) is 7.36. The summed E-state index contributed by atoms with van der Waals surface area (Å²) in [6.45, 7) is 9.53. The fourth-order valence-corrected chi connectivity index (χ4v) is 2.21. The highest BCUT2D eigenvalue weighted by atomic mass is 16.5. The lowest BCUT2D eigenvalue weighted by Crippen LogP contribution is -2.42. The monoisotopic (exact) mass is 299 g/mol. The summed E-state index contributed by atoms with van der Waals surface area (Å²) in [6, 6.07) is 0. The molecule has 0 N–H and O–H groups in total. The maximum absolute atomic E-state index is 12.2. The van der Waals surface area contributed by atoms with E-state index in [1.807, 2.05) is 27.7 Å². The van der Waals surface area contributed by atoms with Crippen molar-refractivity contribution in [3.63, 3.8) is 0 Å². The van der Waals surface area contributed by atoms with E-state index in [1.54, 1.807) is 12.0 Å². The largest absolute Gasteiger partial charge is 0.379 e. The van der Waals surface area contributed by atoms with Crippen molar-refractivity contribution in [3.05, 3.63) is 0 Å². The predicted octanol–water partition coefficient (Wildman–Crippen LogP) is 2.18. The molecule has 1 amide bonds. The van der Waals surface area contributed by atoms with E-state index in [-0.39, 0.29) is 17.3 Å². The van der Waals surface area contributed by atoms with Crippen molar-refractivity contribution in [3.8, 4) is 0 Å². The molecule has 0 radical (unpaired) electrons. The fourth-order valence-electron chi connectivity index (χ4n) is 2.21. The number of ether oxygens (including phenoxy) is 2. The zero-order chi connectivity index (χ0) is 16.1. The van der Waals surface area contributed by atoms with Crippen LogP contribution in [0.2, 0.25) is 0 Å². The molecule has 122 valence electrons. The highest BCUT2D eigenvalue weighted by Crippen LogP contribution is 2.20. The quantitative estimate of drug-likeness (QED) is 0.723. The van der Waals surface area contributed by atoms with Crippen LogP contribution in [0.3, 0.4) is 0 Å². The minimum absolute atomic E-state index is 0.0681. The van der Waals surface area contributed by atoms with Crippen LogP contribution in [0.5, 0.6) is 0 Å². The van der Waals surface area contributed by atoms with Crippen molar-refractivity contribution in [1.82, 2.24) is 4.90 Å². The van der Waals surface area contributed by atoms with Gasteiger partial charge in [-0.25, -0.2) is 0 Å². The number of hydrogen-bond donors (Lipinski definition) is 0. The molecule has 1 saturated heterocycles. The van der Waals surface area contributed by atoms with Gasteiger partial charge in [0.05, 0.1) is 24.2 Å². The third kappa shape index (κ3) is 6.57. The highest BCUT2D eigenvalue weighted by molar-refractivity contribution is 5.83. The number of ketones is 1. The van der Waals surface area contributed by atoms with E-state index in [2.05, 4.69) is 0 Å². The Morgan fingerprint density at radius 3 is 2.24 bits per heavy atom. The number of carbonyl (C=O) groups is 2. The molecule has 1 fully saturated rings. The van der Waals surface area contributed by atoms with Gasteiger partial charge >= 0.3 is 0 Å². The Hall–Kier alpha value is -0.940. The van der Waals surface area contributed by atoms with Crippen molar-refractivity contribution >= 4 is 11.7 Å². The minimum atomic E-state index is -0.498. The lowest BCUT2D eigenvalue weighted by molar-refractivity contribution is -0.140. The predicted molar refractivity (Wildman–Crippen MR) is 81.2 cm³/mol. The average Bonchev–Trinajstić information content (AvgIpc) is 2.38. The summed E-state index contributed by atoms with van der Waals surface area (Å²) in [4.78, 5) is 25.2. The molecule has 0 atom stereocenters. The Bertz CT molecular complexity index is 366. The Kier molecular flexibility index (Phi) is 6.35. The molecule has 1 rings (SSSR count). The van der Waals surface area contributed by atoms with Gasteiger partial charge in [0, 0.05) is 33.0 Å². The van der Waals surface area contributed by atoms with Gasteiger partial charge in [-0.2, -0.15) is 0 Å². The Balaban J connectivity index is 2.37. The lowest BCUT2D eigenvalue weighted by Gasteiger charge is -2.32. The zero-order valence-corrected chi connectivity index (χ0v) is 14.0. The van der Waals surface area contributed by atoms with Gasteiger partial charge in [0.1, 0.15) is 5.78 Å². The number of hydrogen-bond acceptors (Lipinski definition) is 4. The molecule has 0 aromatic rings. The number of rotatable bonds is 7. The highest BCUT2D eigenvalue weighted by Gasteiger charge is 2.28. The summed E-state index contributed by atoms with van der Waals surface area (Å²) in [7, 11) is 1.69. The zero-order valence-electron chi connectivity index (χ0n) is 14.0. The molecule has 5 heteroatoms. The molecule has 0 aromatic heterocycles. The molecule has 1 aliphatic rings. The van der Waals surface area contributed by atoms with E-state index in [9.17, 15) is 9.59 Å². The maximum Gasteiger partial charge on any atom is 0.225 e. The molecule has 5 nitrogen and oxygen atoms in total. The van der Waals surface area contributed by atoms with Crippen LogP contribution in [0.15, 0.2) is 0 Å². The van der Waals surface area contributed by atoms with Gasteiger partial charge in [-0.15, -0.1) is 0 Å². The smallest absolute Gasteiger partial charge is 0.225 e. The second-order valence-electron chi connectivity index (χ2n) is 6.92. The molecule has 0 spiro atoms. The molecular weight excluding hydrogens is 270 g/mol. The summed E-state index contributed by atoms with van der Waals surface area (Å²) in [6.07, 6.45) is 2.08. The van der Waals surface area contributed by atoms with Crippen LogP contribution in [0.4, 0.5) is 0 Å².